The first-order chi connectivity index (χ1) is 9.50. The highest BCUT2D eigenvalue weighted by molar-refractivity contribution is 5.95. The molecule has 1 heterocycles. The average molecular weight is 275 g/mol. The third-order valence-corrected chi connectivity index (χ3v) is 5.02. The molecule has 1 atom stereocenters. The van der Waals surface area contributed by atoms with Crippen LogP contribution < -0.4 is 5.32 Å². The van der Waals surface area contributed by atoms with Gasteiger partial charge in [-0.1, -0.05) is 18.2 Å². The Kier molecular flexibility index (Phi) is 4.48. The van der Waals surface area contributed by atoms with Crippen LogP contribution in [-0.4, -0.2) is 36.1 Å². The van der Waals surface area contributed by atoms with E-state index in [9.17, 15) is 4.79 Å². The van der Waals surface area contributed by atoms with Gasteiger partial charge in [-0.05, 0) is 38.8 Å². The molecule has 0 radical (unpaired) electrons. The van der Waals surface area contributed by atoms with Crippen molar-refractivity contribution in [2.75, 3.05) is 25.0 Å². The minimum absolute atomic E-state index is 0.0292. The van der Waals surface area contributed by atoms with Crippen LogP contribution in [0.1, 0.15) is 37.8 Å². The third kappa shape index (κ3) is 2.73. The minimum atomic E-state index is 0.0292. The number of hydrogen-bond acceptors (Lipinski definition) is 1. The van der Waals surface area contributed by atoms with Crippen molar-refractivity contribution in [1.82, 2.24) is 0 Å². The maximum atomic E-state index is 12.6. The standard InChI is InChI=1S/C17H26N2O/c1-5-19(11-6-7-12-19)15(4)17(20)18-16-13(2)9-8-10-14(16)3/h8-10,15H,5-7,11-12H2,1-4H3/p+1. The second-order valence-electron chi connectivity index (χ2n) is 6.12. The molecule has 1 amide bonds. The first-order valence-corrected chi connectivity index (χ1v) is 7.73. The summed E-state index contributed by atoms with van der Waals surface area (Å²) >= 11 is 0. The van der Waals surface area contributed by atoms with Gasteiger partial charge in [0.05, 0.1) is 19.6 Å². The molecular weight excluding hydrogens is 248 g/mol. The van der Waals surface area contributed by atoms with Crippen LogP contribution in [0.5, 0.6) is 0 Å². The van der Waals surface area contributed by atoms with Gasteiger partial charge in [-0.25, -0.2) is 0 Å². The molecule has 0 saturated carbocycles. The van der Waals surface area contributed by atoms with Crippen molar-refractivity contribution in [3.8, 4) is 0 Å². The van der Waals surface area contributed by atoms with Gasteiger partial charge in [0.25, 0.3) is 5.91 Å². The van der Waals surface area contributed by atoms with Gasteiger partial charge in [0.2, 0.25) is 0 Å². The fourth-order valence-corrected chi connectivity index (χ4v) is 3.43. The first kappa shape index (κ1) is 15.0. The molecule has 1 aromatic carbocycles. The van der Waals surface area contributed by atoms with Gasteiger partial charge in [0, 0.05) is 18.5 Å². The number of nitrogens with zero attached hydrogens (tertiary/aromatic N) is 1. The third-order valence-electron chi connectivity index (χ3n) is 5.02. The summed E-state index contributed by atoms with van der Waals surface area (Å²) in [6.45, 7) is 11.7. The Labute approximate surface area is 122 Å². The van der Waals surface area contributed by atoms with E-state index in [0.29, 0.717) is 0 Å². The van der Waals surface area contributed by atoms with E-state index >= 15 is 0 Å². The number of para-hydroxylation sites is 1. The molecule has 1 aliphatic heterocycles. The maximum absolute atomic E-state index is 12.6. The number of likely N-dealkylation sites (N-methyl/N-ethyl adjacent to an activating group) is 1. The van der Waals surface area contributed by atoms with E-state index in [1.807, 2.05) is 32.0 Å². The lowest BCUT2D eigenvalue weighted by Gasteiger charge is -2.38. The number of carbonyl (C=O) groups excluding carboxylic acids is 1. The number of hydrogen-bond donors (Lipinski definition) is 1. The Hall–Kier alpha value is -1.35. The van der Waals surface area contributed by atoms with Crippen LogP contribution in [0.3, 0.4) is 0 Å². The number of benzene rings is 1. The summed E-state index contributed by atoms with van der Waals surface area (Å²) in [7, 11) is 0. The lowest BCUT2D eigenvalue weighted by Crippen LogP contribution is -2.56. The molecule has 1 N–H and O–H groups in total. The largest absolute Gasteiger partial charge is 0.320 e. The van der Waals surface area contributed by atoms with Crippen LogP contribution in [-0.2, 0) is 4.79 Å². The predicted octanol–water partition coefficient (Wildman–Crippen LogP) is 3.26. The molecule has 1 fully saturated rings. The van der Waals surface area contributed by atoms with Crippen LogP contribution in [0.4, 0.5) is 5.69 Å². The first-order valence-electron chi connectivity index (χ1n) is 7.73. The summed E-state index contributed by atoms with van der Waals surface area (Å²) in [5.74, 6) is 0.158. The van der Waals surface area contributed by atoms with Crippen molar-refractivity contribution in [1.29, 1.82) is 0 Å². The highest BCUT2D eigenvalue weighted by atomic mass is 16.2. The van der Waals surface area contributed by atoms with E-state index in [4.69, 9.17) is 0 Å². The van der Waals surface area contributed by atoms with Crippen molar-refractivity contribution in [2.45, 2.75) is 46.6 Å². The highest BCUT2D eigenvalue weighted by Gasteiger charge is 2.39. The molecule has 0 bridgehead atoms. The van der Waals surface area contributed by atoms with Crippen LogP contribution in [0.15, 0.2) is 18.2 Å². The van der Waals surface area contributed by atoms with Crippen LogP contribution in [0, 0.1) is 13.8 Å². The quantitative estimate of drug-likeness (QED) is 0.840. The van der Waals surface area contributed by atoms with E-state index in [1.165, 1.54) is 12.8 Å². The Morgan fingerprint density at radius 3 is 2.30 bits per heavy atom. The molecule has 3 heteroatoms. The second-order valence-corrected chi connectivity index (χ2v) is 6.12. The molecule has 0 spiro atoms. The molecule has 2 rings (SSSR count). The fourth-order valence-electron chi connectivity index (χ4n) is 3.43. The van der Waals surface area contributed by atoms with E-state index in [0.717, 1.165) is 40.9 Å². The van der Waals surface area contributed by atoms with Gasteiger partial charge in [0.15, 0.2) is 6.04 Å². The maximum Gasteiger partial charge on any atom is 0.282 e. The van der Waals surface area contributed by atoms with Gasteiger partial charge in [-0.15, -0.1) is 0 Å². The van der Waals surface area contributed by atoms with E-state index < -0.39 is 0 Å². The fraction of sp³-hybridized carbons (Fsp3) is 0.588. The smallest absolute Gasteiger partial charge is 0.282 e. The summed E-state index contributed by atoms with van der Waals surface area (Å²) in [5.41, 5.74) is 3.25. The van der Waals surface area contributed by atoms with Crippen molar-refractivity contribution in [3.05, 3.63) is 29.3 Å². The summed E-state index contributed by atoms with van der Waals surface area (Å²) < 4.78 is 0.941. The zero-order valence-electron chi connectivity index (χ0n) is 13.2. The topological polar surface area (TPSA) is 29.1 Å². The predicted molar refractivity (Wildman–Crippen MR) is 83.8 cm³/mol. The number of aryl methyl sites for hydroxylation is 2. The zero-order chi connectivity index (χ0) is 14.8. The average Bonchev–Trinajstić information content (AvgIpc) is 2.92. The molecule has 3 nitrogen and oxygen atoms in total. The Balaban J connectivity index is 2.15. The Bertz CT molecular complexity index is 470. The monoisotopic (exact) mass is 275 g/mol. The van der Waals surface area contributed by atoms with Crippen molar-refractivity contribution in [2.24, 2.45) is 0 Å². The van der Waals surface area contributed by atoms with E-state index in [1.54, 1.807) is 0 Å². The molecule has 20 heavy (non-hydrogen) atoms. The second kappa shape index (κ2) is 5.96. The van der Waals surface area contributed by atoms with Crippen LogP contribution in [0.25, 0.3) is 0 Å². The van der Waals surface area contributed by atoms with Gasteiger partial charge in [0.1, 0.15) is 0 Å². The molecule has 110 valence electrons. The number of anilines is 1. The number of rotatable bonds is 4. The van der Waals surface area contributed by atoms with E-state index in [2.05, 4.69) is 19.2 Å². The molecule has 0 aromatic heterocycles. The van der Waals surface area contributed by atoms with Gasteiger partial charge in [-0.3, -0.25) is 4.79 Å². The van der Waals surface area contributed by atoms with Crippen molar-refractivity contribution in [3.63, 3.8) is 0 Å². The molecule has 1 aromatic rings. The lowest BCUT2D eigenvalue weighted by molar-refractivity contribution is -0.928. The molecular formula is C17H27N2O+. The van der Waals surface area contributed by atoms with Gasteiger partial charge < -0.3 is 9.80 Å². The van der Waals surface area contributed by atoms with Crippen LogP contribution >= 0.6 is 0 Å². The van der Waals surface area contributed by atoms with Gasteiger partial charge in [-0.2, -0.15) is 0 Å². The van der Waals surface area contributed by atoms with Crippen molar-refractivity contribution < 1.29 is 9.28 Å². The van der Waals surface area contributed by atoms with E-state index in [-0.39, 0.29) is 11.9 Å². The summed E-state index contributed by atoms with van der Waals surface area (Å²) in [5, 5.41) is 3.16. The number of likely N-dealkylation sites (tertiary alicyclic amines) is 1. The summed E-state index contributed by atoms with van der Waals surface area (Å²) in [6, 6.07) is 6.16. The Morgan fingerprint density at radius 1 is 1.25 bits per heavy atom. The van der Waals surface area contributed by atoms with Crippen LogP contribution in [0.2, 0.25) is 0 Å². The number of carbonyl (C=O) groups is 1. The molecule has 1 aliphatic rings. The number of amides is 1. The summed E-state index contributed by atoms with van der Waals surface area (Å²) in [6.07, 6.45) is 2.49. The SMILES string of the molecule is CC[N+]1(C(C)C(=O)Nc2c(C)cccc2C)CCCC1. The lowest BCUT2D eigenvalue weighted by atomic mass is 10.1. The number of nitrogens with one attached hydrogen (secondary N) is 1. The molecule has 0 aliphatic carbocycles. The molecule has 1 saturated heterocycles. The minimum Gasteiger partial charge on any atom is -0.320 e. The summed E-state index contributed by atoms with van der Waals surface area (Å²) in [4.78, 5) is 12.6. The number of quaternary nitrogens is 1. The van der Waals surface area contributed by atoms with Crippen molar-refractivity contribution >= 4 is 11.6 Å². The molecule has 1 unspecified atom stereocenters. The normalized spacial score (nSPS) is 18.8. The Morgan fingerprint density at radius 2 is 1.80 bits per heavy atom. The highest BCUT2D eigenvalue weighted by Crippen LogP contribution is 2.25. The van der Waals surface area contributed by atoms with Gasteiger partial charge >= 0.3 is 0 Å². The zero-order valence-corrected chi connectivity index (χ0v) is 13.2.